The Balaban J connectivity index is 1.59. The molecule has 3 aromatic carbocycles. The molecule has 0 fully saturated rings. The van der Waals surface area contributed by atoms with Gasteiger partial charge >= 0.3 is 5.97 Å². The van der Waals surface area contributed by atoms with E-state index < -0.39 is 5.97 Å². The van der Waals surface area contributed by atoms with Crippen LogP contribution in [0.3, 0.4) is 0 Å². The summed E-state index contributed by atoms with van der Waals surface area (Å²) in [6.45, 7) is 0.214. The van der Waals surface area contributed by atoms with E-state index in [-0.39, 0.29) is 16.7 Å². The van der Waals surface area contributed by atoms with Gasteiger partial charge in [-0.3, -0.25) is 0 Å². The molecule has 0 aliphatic heterocycles. The minimum absolute atomic E-state index is 0.0472. The molecule has 6 nitrogen and oxygen atoms in total. The van der Waals surface area contributed by atoms with E-state index in [1.807, 2.05) is 12.1 Å². The van der Waals surface area contributed by atoms with Gasteiger partial charge in [0, 0.05) is 15.6 Å². The molecule has 1 aromatic heterocycles. The number of aliphatic carboxylic acids is 1. The Morgan fingerprint density at radius 2 is 2.00 bits per heavy atom. The molecule has 10 heteroatoms. The Hall–Kier alpha value is -2.40. The summed E-state index contributed by atoms with van der Waals surface area (Å²) >= 11 is 15.2. The van der Waals surface area contributed by atoms with E-state index in [0.717, 1.165) is 20.9 Å². The first-order valence-electron chi connectivity index (χ1n) is 9.76. The van der Waals surface area contributed by atoms with Crippen LogP contribution in [0.2, 0.25) is 10.0 Å². The Labute approximate surface area is 223 Å². The van der Waals surface area contributed by atoms with E-state index >= 15 is 0 Å². The standard InChI is InChI=1S/C24H16Cl2INO5S/c1-31-20-9-13(8-17(27)22(20)32-12-14-6-7-15(25)11-16(14)26)10-21(23(29)30)34-24-28-18-4-2-3-5-19(18)33-24/h2-11H,12H2,1H3,(H,29,30)/b21-10-. The molecule has 0 aliphatic carbocycles. The maximum absolute atomic E-state index is 11.9. The van der Waals surface area contributed by atoms with Crippen LogP contribution < -0.4 is 9.47 Å². The van der Waals surface area contributed by atoms with Crippen LogP contribution in [0.4, 0.5) is 0 Å². The highest BCUT2D eigenvalue weighted by Gasteiger charge is 2.17. The number of para-hydroxylation sites is 2. The normalized spacial score (nSPS) is 11.6. The van der Waals surface area contributed by atoms with Gasteiger partial charge in [-0.05, 0) is 82.4 Å². The number of ether oxygens (including phenoxy) is 2. The van der Waals surface area contributed by atoms with E-state index in [2.05, 4.69) is 27.6 Å². The molecule has 0 saturated carbocycles. The fraction of sp³-hybridized carbons (Fsp3) is 0.0833. The maximum atomic E-state index is 11.9. The number of benzene rings is 3. The third-order valence-corrected chi connectivity index (χ3v) is 6.87. The van der Waals surface area contributed by atoms with Crippen molar-refractivity contribution in [3.05, 3.63) is 84.2 Å². The van der Waals surface area contributed by atoms with Gasteiger partial charge in [0.15, 0.2) is 17.1 Å². The average molecular weight is 628 g/mol. The van der Waals surface area contributed by atoms with Crippen molar-refractivity contribution in [2.75, 3.05) is 7.11 Å². The number of carboxylic acids is 1. The third-order valence-electron chi connectivity index (χ3n) is 4.62. The van der Waals surface area contributed by atoms with Gasteiger partial charge in [0.1, 0.15) is 17.0 Å². The lowest BCUT2D eigenvalue weighted by atomic mass is 10.2. The Morgan fingerprint density at radius 3 is 2.71 bits per heavy atom. The van der Waals surface area contributed by atoms with Gasteiger partial charge in [0.2, 0.25) is 0 Å². The van der Waals surface area contributed by atoms with E-state index in [4.69, 9.17) is 37.1 Å². The maximum Gasteiger partial charge on any atom is 0.342 e. The molecule has 0 amide bonds. The molecule has 0 spiro atoms. The highest BCUT2D eigenvalue weighted by molar-refractivity contribution is 14.1. The largest absolute Gasteiger partial charge is 0.493 e. The summed E-state index contributed by atoms with van der Waals surface area (Å²) in [5, 5.41) is 11.0. The van der Waals surface area contributed by atoms with Crippen LogP contribution in [-0.2, 0) is 11.4 Å². The van der Waals surface area contributed by atoms with Crippen molar-refractivity contribution < 1.29 is 23.8 Å². The van der Waals surface area contributed by atoms with E-state index in [1.165, 1.54) is 13.2 Å². The molecule has 0 aliphatic rings. The molecule has 4 aromatic rings. The van der Waals surface area contributed by atoms with Gasteiger partial charge in [-0.25, -0.2) is 9.78 Å². The molecule has 0 saturated heterocycles. The topological polar surface area (TPSA) is 81.8 Å². The summed E-state index contributed by atoms with van der Waals surface area (Å²) in [5.74, 6) is -0.117. The van der Waals surface area contributed by atoms with E-state index in [1.54, 1.807) is 42.5 Å². The summed E-state index contributed by atoms with van der Waals surface area (Å²) in [7, 11) is 1.52. The quantitative estimate of drug-likeness (QED) is 0.123. The number of carboxylic acid groups (broad SMARTS) is 1. The summed E-state index contributed by atoms with van der Waals surface area (Å²) in [6.07, 6.45) is 1.53. The number of hydrogen-bond acceptors (Lipinski definition) is 6. The van der Waals surface area contributed by atoms with Gasteiger partial charge in [0.05, 0.1) is 10.7 Å². The summed E-state index contributed by atoms with van der Waals surface area (Å²) < 4.78 is 17.9. The predicted molar refractivity (Wildman–Crippen MR) is 142 cm³/mol. The predicted octanol–water partition coefficient (Wildman–Crippen LogP) is 7.54. The first kappa shape index (κ1) is 24.7. The van der Waals surface area contributed by atoms with Crippen LogP contribution in [-0.4, -0.2) is 23.2 Å². The van der Waals surface area contributed by atoms with Gasteiger partial charge in [-0.2, -0.15) is 0 Å². The Kier molecular flexibility index (Phi) is 7.92. The molecular formula is C24H16Cl2INO5S. The van der Waals surface area contributed by atoms with Crippen molar-refractivity contribution >= 4 is 80.7 Å². The molecule has 1 N–H and O–H groups in total. The second kappa shape index (κ2) is 10.9. The van der Waals surface area contributed by atoms with Crippen molar-refractivity contribution in [3.63, 3.8) is 0 Å². The van der Waals surface area contributed by atoms with Crippen LogP contribution in [0, 0.1) is 3.57 Å². The number of thioether (sulfide) groups is 1. The van der Waals surface area contributed by atoms with Gasteiger partial charge < -0.3 is 19.0 Å². The lowest BCUT2D eigenvalue weighted by Gasteiger charge is -2.14. The summed E-state index contributed by atoms with van der Waals surface area (Å²) in [6, 6.07) is 15.9. The fourth-order valence-electron chi connectivity index (χ4n) is 3.03. The van der Waals surface area contributed by atoms with Crippen molar-refractivity contribution in [2.24, 2.45) is 0 Å². The number of halogens is 3. The van der Waals surface area contributed by atoms with Crippen LogP contribution in [0.1, 0.15) is 11.1 Å². The molecule has 1 heterocycles. The summed E-state index contributed by atoms with van der Waals surface area (Å²) in [5.41, 5.74) is 2.65. The van der Waals surface area contributed by atoms with Crippen LogP contribution in [0.25, 0.3) is 17.2 Å². The number of aromatic nitrogens is 1. The summed E-state index contributed by atoms with van der Waals surface area (Å²) in [4.78, 5) is 16.3. The number of methoxy groups -OCH3 is 1. The van der Waals surface area contributed by atoms with Crippen LogP contribution in [0.15, 0.2) is 69.1 Å². The Morgan fingerprint density at radius 1 is 1.21 bits per heavy atom. The second-order valence-corrected chi connectivity index (χ2v) is 9.92. The smallest absolute Gasteiger partial charge is 0.342 e. The van der Waals surface area contributed by atoms with Crippen LogP contribution in [0.5, 0.6) is 11.5 Å². The second-order valence-electron chi connectivity index (χ2n) is 6.92. The van der Waals surface area contributed by atoms with Crippen molar-refractivity contribution in [1.29, 1.82) is 0 Å². The van der Waals surface area contributed by atoms with Gasteiger partial charge in [-0.1, -0.05) is 41.4 Å². The molecule has 0 atom stereocenters. The number of hydrogen-bond donors (Lipinski definition) is 1. The third kappa shape index (κ3) is 5.80. The molecule has 34 heavy (non-hydrogen) atoms. The number of carbonyl (C=O) groups is 1. The Bertz CT molecular complexity index is 1370. The van der Waals surface area contributed by atoms with Gasteiger partial charge in [0.25, 0.3) is 5.22 Å². The monoisotopic (exact) mass is 627 g/mol. The fourth-order valence-corrected chi connectivity index (χ4v) is 5.02. The SMILES string of the molecule is COc1cc(/C=C(\Sc2nc3ccccc3o2)C(=O)O)cc(I)c1OCc1ccc(Cl)cc1Cl. The molecule has 0 unspecified atom stereocenters. The zero-order valence-corrected chi connectivity index (χ0v) is 22.0. The number of nitrogens with zero attached hydrogens (tertiary/aromatic N) is 1. The highest BCUT2D eigenvalue weighted by Crippen LogP contribution is 2.37. The lowest BCUT2D eigenvalue weighted by Crippen LogP contribution is -2.01. The average Bonchev–Trinajstić information content (AvgIpc) is 3.21. The zero-order valence-electron chi connectivity index (χ0n) is 17.6. The molecule has 0 bridgehead atoms. The van der Waals surface area contributed by atoms with Crippen molar-refractivity contribution in [1.82, 2.24) is 4.98 Å². The number of fused-ring (bicyclic) bond motifs is 1. The van der Waals surface area contributed by atoms with Crippen LogP contribution >= 0.6 is 57.6 Å². The van der Waals surface area contributed by atoms with Gasteiger partial charge in [-0.15, -0.1) is 0 Å². The molecule has 4 rings (SSSR count). The lowest BCUT2D eigenvalue weighted by molar-refractivity contribution is -0.131. The number of rotatable bonds is 8. The minimum Gasteiger partial charge on any atom is -0.493 e. The first-order valence-corrected chi connectivity index (χ1v) is 12.4. The molecular weight excluding hydrogens is 612 g/mol. The molecule has 0 radical (unpaired) electrons. The highest BCUT2D eigenvalue weighted by atomic mass is 127. The van der Waals surface area contributed by atoms with Crippen molar-refractivity contribution in [2.45, 2.75) is 11.8 Å². The minimum atomic E-state index is -1.10. The van der Waals surface area contributed by atoms with E-state index in [9.17, 15) is 9.90 Å². The number of oxazole rings is 1. The van der Waals surface area contributed by atoms with E-state index in [0.29, 0.717) is 38.2 Å². The van der Waals surface area contributed by atoms with Crippen molar-refractivity contribution in [3.8, 4) is 11.5 Å². The first-order chi connectivity index (χ1) is 16.3. The molecule has 174 valence electrons. The zero-order chi connectivity index (χ0) is 24.2.